The summed E-state index contributed by atoms with van der Waals surface area (Å²) in [4.78, 5) is 17.6. The molecule has 2 aliphatic rings. The number of carbonyl (C=O) groups excluding carboxylic acids is 1. The van der Waals surface area contributed by atoms with Gasteiger partial charge in [0, 0.05) is 35.5 Å². The van der Waals surface area contributed by atoms with Crippen molar-refractivity contribution in [3.8, 4) is 0 Å². The van der Waals surface area contributed by atoms with Crippen LogP contribution in [-0.2, 0) is 9.53 Å². The van der Waals surface area contributed by atoms with E-state index in [1.807, 2.05) is 0 Å². The van der Waals surface area contributed by atoms with Crippen molar-refractivity contribution in [1.82, 2.24) is 9.88 Å². The number of hydrogen-bond acceptors (Lipinski definition) is 3. The average molecular weight is 326 g/mol. The molecule has 2 bridgehead atoms. The van der Waals surface area contributed by atoms with Crippen LogP contribution >= 0.6 is 0 Å². The smallest absolute Gasteiger partial charge is 0.302 e. The number of nitrogens with zero attached hydrogens (tertiary/aromatic N) is 1. The van der Waals surface area contributed by atoms with Crippen molar-refractivity contribution < 1.29 is 9.53 Å². The standard InChI is InChI=1S/C20H26N2O2/c1-4-13-14-9-10-22(3)20(13)18-15-7-5-6-8-17(15)21-19(18)16(14)11-24-12(2)23/h5-8,13-14,16,20-21H,4,9-11H2,1-3H3. The Morgan fingerprint density at radius 3 is 2.92 bits per heavy atom. The highest BCUT2D eigenvalue weighted by Gasteiger charge is 2.48. The van der Waals surface area contributed by atoms with Crippen LogP contribution in [0, 0.1) is 11.8 Å². The molecular weight excluding hydrogens is 300 g/mol. The lowest BCUT2D eigenvalue weighted by molar-refractivity contribution is -0.142. The second-order valence-electron chi connectivity index (χ2n) is 7.36. The van der Waals surface area contributed by atoms with Crippen LogP contribution in [0.5, 0.6) is 0 Å². The Labute approximate surface area is 143 Å². The molecule has 0 amide bonds. The molecule has 4 rings (SSSR count). The Kier molecular flexibility index (Phi) is 3.87. The molecule has 1 aliphatic heterocycles. The van der Waals surface area contributed by atoms with Gasteiger partial charge in [0.05, 0.1) is 6.61 Å². The number of ether oxygens (including phenoxy) is 1. The van der Waals surface area contributed by atoms with Gasteiger partial charge in [-0.15, -0.1) is 0 Å². The van der Waals surface area contributed by atoms with E-state index in [0.717, 1.165) is 13.0 Å². The molecule has 2 heterocycles. The largest absolute Gasteiger partial charge is 0.465 e. The van der Waals surface area contributed by atoms with Gasteiger partial charge in [-0.1, -0.05) is 31.5 Å². The quantitative estimate of drug-likeness (QED) is 0.872. The molecule has 0 saturated carbocycles. The van der Waals surface area contributed by atoms with E-state index < -0.39 is 0 Å². The first-order valence-corrected chi connectivity index (χ1v) is 9.06. The van der Waals surface area contributed by atoms with Crippen LogP contribution in [0.1, 0.15) is 49.9 Å². The van der Waals surface area contributed by atoms with Crippen molar-refractivity contribution in [2.24, 2.45) is 11.8 Å². The average Bonchev–Trinajstić information content (AvgIpc) is 2.95. The van der Waals surface area contributed by atoms with Gasteiger partial charge in [0.25, 0.3) is 0 Å². The molecule has 1 N–H and O–H groups in total. The molecule has 1 aromatic carbocycles. The van der Waals surface area contributed by atoms with Crippen LogP contribution in [0.3, 0.4) is 0 Å². The molecule has 128 valence electrons. The number of carbonyl (C=O) groups is 1. The molecular formula is C20H26N2O2. The highest BCUT2D eigenvalue weighted by Crippen LogP contribution is 2.54. The molecule has 1 aromatic heterocycles. The van der Waals surface area contributed by atoms with Crippen molar-refractivity contribution in [2.75, 3.05) is 20.2 Å². The Morgan fingerprint density at radius 2 is 2.17 bits per heavy atom. The van der Waals surface area contributed by atoms with Crippen LogP contribution in [0.4, 0.5) is 0 Å². The lowest BCUT2D eigenvalue weighted by atomic mass is 9.64. The fourth-order valence-corrected chi connectivity index (χ4v) is 5.15. The lowest BCUT2D eigenvalue weighted by Crippen LogP contribution is -2.47. The normalized spacial score (nSPS) is 29.5. The number of para-hydroxylation sites is 1. The third-order valence-electron chi connectivity index (χ3n) is 6.14. The number of rotatable bonds is 3. The third-order valence-corrected chi connectivity index (χ3v) is 6.14. The van der Waals surface area contributed by atoms with Crippen molar-refractivity contribution >= 4 is 16.9 Å². The molecule has 1 aliphatic carbocycles. The maximum atomic E-state index is 11.4. The summed E-state index contributed by atoms with van der Waals surface area (Å²) in [7, 11) is 2.25. The van der Waals surface area contributed by atoms with Crippen LogP contribution < -0.4 is 0 Å². The van der Waals surface area contributed by atoms with Gasteiger partial charge < -0.3 is 9.72 Å². The van der Waals surface area contributed by atoms with Gasteiger partial charge in [-0.3, -0.25) is 9.69 Å². The van der Waals surface area contributed by atoms with E-state index in [1.54, 1.807) is 0 Å². The number of piperidine rings is 1. The van der Waals surface area contributed by atoms with Gasteiger partial charge in [0.1, 0.15) is 0 Å². The van der Waals surface area contributed by atoms with Gasteiger partial charge in [0.2, 0.25) is 0 Å². The van der Waals surface area contributed by atoms with E-state index in [2.05, 4.69) is 48.1 Å². The number of benzene rings is 1. The first kappa shape index (κ1) is 15.7. The predicted molar refractivity (Wildman–Crippen MR) is 94.9 cm³/mol. The Bertz CT molecular complexity index is 766. The van der Waals surface area contributed by atoms with E-state index in [0.29, 0.717) is 24.5 Å². The van der Waals surface area contributed by atoms with E-state index in [4.69, 9.17) is 4.74 Å². The molecule has 1 saturated heterocycles. The summed E-state index contributed by atoms with van der Waals surface area (Å²) < 4.78 is 5.47. The van der Waals surface area contributed by atoms with Crippen LogP contribution in [0.25, 0.3) is 10.9 Å². The minimum Gasteiger partial charge on any atom is -0.465 e. The maximum absolute atomic E-state index is 11.4. The van der Waals surface area contributed by atoms with Crippen LogP contribution in [0.15, 0.2) is 24.3 Å². The molecule has 1 fully saturated rings. The summed E-state index contributed by atoms with van der Waals surface area (Å²) in [6, 6.07) is 9.05. The minimum atomic E-state index is -0.184. The lowest BCUT2D eigenvalue weighted by Gasteiger charge is -2.50. The molecule has 2 aromatic rings. The van der Waals surface area contributed by atoms with Gasteiger partial charge in [-0.2, -0.15) is 0 Å². The summed E-state index contributed by atoms with van der Waals surface area (Å²) in [5.41, 5.74) is 3.93. The first-order chi connectivity index (χ1) is 11.6. The summed E-state index contributed by atoms with van der Waals surface area (Å²) in [5, 5.41) is 1.33. The number of likely N-dealkylation sites (tertiary alicyclic amines) is 1. The zero-order valence-electron chi connectivity index (χ0n) is 14.7. The first-order valence-electron chi connectivity index (χ1n) is 9.06. The van der Waals surface area contributed by atoms with E-state index >= 15 is 0 Å². The number of nitrogens with one attached hydrogen (secondary N) is 1. The van der Waals surface area contributed by atoms with Crippen molar-refractivity contribution in [3.63, 3.8) is 0 Å². The number of aromatic nitrogens is 1. The van der Waals surface area contributed by atoms with Crippen molar-refractivity contribution in [2.45, 2.75) is 38.6 Å². The number of aromatic amines is 1. The Morgan fingerprint density at radius 1 is 1.38 bits per heavy atom. The summed E-state index contributed by atoms with van der Waals surface area (Å²) in [5.74, 6) is 1.30. The fourth-order valence-electron chi connectivity index (χ4n) is 5.15. The summed E-state index contributed by atoms with van der Waals surface area (Å²) in [6.45, 7) is 5.41. The third kappa shape index (κ3) is 2.27. The van der Waals surface area contributed by atoms with Crippen LogP contribution in [0.2, 0.25) is 0 Å². The summed E-state index contributed by atoms with van der Waals surface area (Å²) in [6.07, 6.45) is 2.33. The maximum Gasteiger partial charge on any atom is 0.302 e. The van der Waals surface area contributed by atoms with E-state index in [1.165, 1.54) is 35.5 Å². The van der Waals surface area contributed by atoms with Crippen molar-refractivity contribution in [3.05, 3.63) is 35.5 Å². The highest BCUT2D eigenvalue weighted by atomic mass is 16.5. The second-order valence-corrected chi connectivity index (χ2v) is 7.36. The highest BCUT2D eigenvalue weighted by molar-refractivity contribution is 5.86. The number of H-pyrrole nitrogens is 1. The minimum absolute atomic E-state index is 0.184. The monoisotopic (exact) mass is 326 g/mol. The Balaban J connectivity index is 1.89. The van der Waals surface area contributed by atoms with Gasteiger partial charge in [-0.25, -0.2) is 0 Å². The SMILES string of the molecule is CCC1C2CCN(C)C1c1c([nH]c3ccccc13)C2COC(C)=O. The number of esters is 1. The van der Waals surface area contributed by atoms with E-state index in [9.17, 15) is 4.79 Å². The summed E-state index contributed by atoms with van der Waals surface area (Å²) >= 11 is 0. The molecule has 4 heteroatoms. The second kappa shape index (κ2) is 5.92. The molecule has 4 atom stereocenters. The molecule has 4 unspecified atom stereocenters. The van der Waals surface area contributed by atoms with Crippen LogP contribution in [-0.4, -0.2) is 36.1 Å². The Hall–Kier alpha value is -1.81. The van der Waals surface area contributed by atoms with E-state index in [-0.39, 0.29) is 11.9 Å². The topological polar surface area (TPSA) is 45.3 Å². The fraction of sp³-hybridized carbons (Fsp3) is 0.550. The zero-order valence-corrected chi connectivity index (χ0v) is 14.7. The zero-order chi connectivity index (χ0) is 16.8. The molecule has 0 spiro atoms. The van der Waals surface area contributed by atoms with Gasteiger partial charge in [0.15, 0.2) is 0 Å². The predicted octanol–water partition coefficient (Wildman–Crippen LogP) is 3.85. The molecule has 0 radical (unpaired) electrons. The number of fused-ring (bicyclic) bond motifs is 6. The number of hydrogen-bond donors (Lipinski definition) is 1. The molecule has 24 heavy (non-hydrogen) atoms. The van der Waals surface area contributed by atoms with Gasteiger partial charge >= 0.3 is 5.97 Å². The molecule has 4 nitrogen and oxygen atoms in total. The van der Waals surface area contributed by atoms with Crippen molar-refractivity contribution in [1.29, 1.82) is 0 Å². The van der Waals surface area contributed by atoms with Gasteiger partial charge in [-0.05, 0) is 43.5 Å².